The van der Waals surface area contributed by atoms with Gasteiger partial charge in [-0.15, -0.1) is 0 Å². The van der Waals surface area contributed by atoms with Gasteiger partial charge in [-0.1, -0.05) is 23.2 Å². The fourth-order valence-corrected chi connectivity index (χ4v) is 3.95. The van der Waals surface area contributed by atoms with Gasteiger partial charge in [0.25, 0.3) is 5.91 Å². The van der Waals surface area contributed by atoms with Crippen LogP contribution in [0.1, 0.15) is 42.1 Å². The fourth-order valence-electron chi connectivity index (χ4n) is 3.46. The molecule has 1 saturated heterocycles. The Kier molecular flexibility index (Phi) is 5.64. The van der Waals surface area contributed by atoms with Crippen LogP contribution in [-0.2, 0) is 0 Å². The van der Waals surface area contributed by atoms with E-state index in [1.54, 1.807) is 18.2 Å². The van der Waals surface area contributed by atoms with Gasteiger partial charge in [0.1, 0.15) is 0 Å². The fraction of sp³-hybridized carbons (Fsp3) is 0.350. The SMILES string of the molecule is Cc1cc(N)c(NC(=O)c2ccc(Cl)cc2Cl)cc1N1CCCCC1C. The van der Waals surface area contributed by atoms with E-state index in [0.717, 1.165) is 17.8 Å². The average Bonchev–Trinajstić information content (AvgIpc) is 2.58. The number of hydrogen-bond donors (Lipinski definition) is 2. The number of piperidine rings is 1. The Labute approximate surface area is 164 Å². The summed E-state index contributed by atoms with van der Waals surface area (Å²) in [6, 6.07) is 9.15. The lowest BCUT2D eigenvalue weighted by Gasteiger charge is -2.36. The van der Waals surface area contributed by atoms with Crippen LogP contribution >= 0.6 is 23.2 Å². The highest BCUT2D eigenvalue weighted by Gasteiger charge is 2.21. The largest absolute Gasteiger partial charge is 0.397 e. The second kappa shape index (κ2) is 7.77. The summed E-state index contributed by atoms with van der Waals surface area (Å²) >= 11 is 12.0. The number of nitrogens with one attached hydrogen (secondary N) is 1. The van der Waals surface area contributed by atoms with Crippen molar-refractivity contribution >= 4 is 46.2 Å². The minimum Gasteiger partial charge on any atom is -0.397 e. The molecule has 4 nitrogen and oxygen atoms in total. The molecule has 138 valence electrons. The number of carbonyl (C=O) groups is 1. The number of nitrogen functional groups attached to an aromatic ring is 1. The second-order valence-corrected chi connectivity index (χ2v) is 7.69. The molecule has 1 aliphatic rings. The van der Waals surface area contributed by atoms with Gasteiger partial charge in [-0.3, -0.25) is 4.79 Å². The van der Waals surface area contributed by atoms with Gasteiger partial charge in [0.05, 0.1) is 22.0 Å². The highest BCUT2D eigenvalue weighted by molar-refractivity contribution is 6.37. The van der Waals surface area contributed by atoms with Crippen molar-refractivity contribution in [2.45, 2.75) is 39.2 Å². The van der Waals surface area contributed by atoms with Crippen molar-refractivity contribution in [2.24, 2.45) is 0 Å². The van der Waals surface area contributed by atoms with Crippen LogP contribution in [0.5, 0.6) is 0 Å². The molecule has 6 heteroatoms. The number of nitrogens with zero attached hydrogens (tertiary/aromatic N) is 1. The average molecular weight is 392 g/mol. The molecule has 1 unspecified atom stereocenters. The summed E-state index contributed by atoms with van der Waals surface area (Å²) in [6.45, 7) is 5.30. The normalized spacial score (nSPS) is 17.2. The van der Waals surface area contributed by atoms with Gasteiger partial charge in [-0.2, -0.15) is 0 Å². The lowest BCUT2D eigenvalue weighted by atomic mass is 10.0. The molecule has 0 saturated carbocycles. The standard InChI is InChI=1S/C20H23Cl2N3O/c1-12-9-17(23)18(11-19(12)25-8-4-3-5-13(25)2)24-20(26)15-7-6-14(21)10-16(15)22/h6-7,9-11,13H,3-5,8,23H2,1-2H3,(H,24,26). The zero-order valence-electron chi connectivity index (χ0n) is 15.0. The summed E-state index contributed by atoms with van der Waals surface area (Å²) in [5.74, 6) is -0.306. The Morgan fingerprint density at radius 1 is 1.23 bits per heavy atom. The van der Waals surface area contributed by atoms with Crippen LogP contribution in [-0.4, -0.2) is 18.5 Å². The number of carbonyl (C=O) groups excluding carboxylic acids is 1. The van der Waals surface area contributed by atoms with E-state index in [-0.39, 0.29) is 5.91 Å². The lowest BCUT2D eigenvalue weighted by Crippen LogP contribution is -2.37. The molecule has 1 amide bonds. The van der Waals surface area contributed by atoms with Crippen LogP contribution in [0.2, 0.25) is 10.0 Å². The van der Waals surface area contributed by atoms with E-state index in [9.17, 15) is 4.79 Å². The molecule has 2 aromatic rings. The van der Waals surface area contributed by atoms with Crippen molar-refractivity contribution in [1.82, 2.24) is 0 Å². The summed E-state index contributed by atoms with van der Waals surface area (Å²) in [6.07, 6.45) is 3.60. The van der Waals surface area contributed by atoms with Crippen LogP contribution in [0.25, 0.3) is 0 Å². The van der Waals surface area contributed by atoms with Gasteiger partial charge >= 0.3 is 0 Å². The van der Waals surface area contributed by atoms with Gasteiger partial charge in [0.2, 0.25) is 0 Å². The molecule has 0 aromatic heterocycles. The van der Waals surface area contributed by atoms with Crippen LogP contribution in [0.15, 0.2) is 30.3 Å². The van der Waals surface area contributed by atoms with E-state index in [1.165, 1.54) is 19.3 Å². The quantitative estimate of drug-likeness (QED) is 0.677. The predicted molar refractivity (Wildman–Crippen MR) is 111 cm³/mol. The van der Waals surface area contributed by atoms with Gasteiger partial charge < -0.3 is 16.0 Å². The molecule has 0 bridgehead atoms. The third kappa shape index (κ3) is 3.92. The third-order valence-electron chi connectivity index (χ3n) is 4.90. The van der Waals surface area contributed by atoms with E-state index >= 15 is 0 Å². The molecule has 3 rings (SSSR count). The molecule has 1 atom stereocenters. The van der Waals surface area contributed by atoms with Crippen LogP contribution in [0.3, 0.4) is 0 Å². The van der Waals surface area contributed by atoms with Crippen molar-refractivity contribution in [3.63, 3.8) is 0 Å². The van der Waals surface area contributed by atoms with Crippen molar-refractivity contribution in [3.8, 4) is 0 Å². The van der Waals surface area contributed by atoms with E-state index in [2.05, 4.69) is 24.1 Å². The molecule has 1 heterocycles. The highest BCUT2D eigenvalue weighted by atomic mass is 35.5. The Balaban J connectivity index is 1.90. The molecule has 26 heavy (non-hydrogen) atoms. The van der Waals surface area contributed by atoms with Crippen molar-refractivity contribution in [1.29, 1.82) is 0 Å². The van der Waals surface area contributed by atoms with E-state index in [4.69, 9.17) is 28.9 Å². The third-order valence-corrected chi connectivity index (χ3v) is 5.45. The first-order valence-electron chi connectivity index (χ1n) is 8.80. The van der Waals surface area contributed by atoms with Crippen LogP contribution < -0.4 is 16.0 Å². The van der Waals surface area contributed by atoms with Crippen molar-refractivity contribution < 1.29 is 4.79 Å². The van der Waals surface area contributed by atoms with Gasteiger partial charge in [-0.05, 0) is 69.0 Å². The number of nitrogens with two attached hydrogens (primary N) is 1. The van der Waals surface area contributed by atoms with Gasteiger partial charge in [-0.25, -0.2) is 0 Å². The zero-order chi connectivity index (χ0) is 18.8. The molecule has 1 aliphatic heterocycles. The molecule has 0 spiro atoms. The first-order valence-corrected chi connectivity index (χ1v) is 9.55. The summed E-state index contributed by atoms with van der Waals surface area (Å²) in [5, 5.41) is 3.69. The minimum absolute atomic E-state index is 0.306. The smallest absolute Gasteiger partial charge is 0.257 e. The first-order chi connectivity index (χ1) is 12.4. The van der Waals surface area contributed by atoms with Gasteiger partial charge in [0, 0.05) is 23.3 Å². The zero-order valence-corrected chi connectivity index (χ0v) is 16.5. The number of amides is 1. The molecule has 0 aliphatic carbocycles. The monoisotopic (exact) mass is 391 g/mol. The van der Waals surface area contributed by atoms with Gasteiger partial charge in [0.15, 0.2) is 0 Å². The Hall–Kier alpha value is -1.91. The maximum atomic E-state index is 12.6. The molecule has 2 aromatic carbocycles. The van der Waals surface area contributed by atoms with Crippen molar-refractivity contribution in [2.75, 3.05) is 22.5 Å². The topological polar surface area (TPSA) is 58.4 Å². The Morgan fingerprint density at radius 2 is 2.00 bits per heavy atom. The maximum absolute atomic E-state index is 12.6. The number of halogens is 2. The minimum atomic E-state index is -0.306. The summed E-state index contributed by atoms with van der Waals surface area (Å²) in [5.41, 5.74) is 9.88. The highest BCUT2D eigenvalue weighted by Crippen LogP contribution is 2.34. The van der Waals surface area contributed by atoms with E-state index < -0.39 is 0 Å². The second-order valence-electron chi connectivity index (χ2n) is 6.84. The molecule has 0 radical (unpaired) electrons. The molecular formula is C20H23Cl2N3O. The van der Waals surface area contributed by atoms with Crippen LogP contribution in [0, 0.1) is 6.92 Å². The van der Waals surface area contributed by atoms with E-state index in [1.807, 2.05) is 12.1 Å². The molecule has 1 fully saturated rings. The van der Waals surface area contributed by atoms with E-state index in [0.29, 0.717) is 33.0 Å². The number of rotatable bonds is 3. The predicted octanol–water partition coefficient (Wildman–Crippen LogP) is 5.52. The molecular weight excluding hydrogens is 369 g/mol. The number of anilines is 3. The van der Waals surface area contributed by atoms with Crippen molar-refractivity contribution in [3.05, 3.63) is 51.5 Å². The number of aryl methyl sites for hydroxylation is 1. The summed E-state index contributed by atoms with van der Waals surface area (Å²) in [4.78, 5) is 15.0. The summed E-state index contributed by atoms with van der Waals surface area (Å²) in [7, 11) is 0. The Morgan fingerprint density at radius 3 is 2.69 bits per heavy atom. The molecule has 3 N–H and O–H groups in total. The summed E-state index contributed by atoms with van der Waals surface area (Å²) < 4.78 is 0. The first kappa shape index (κ1) is 18.9. The number of hydrogen-bond acceptors (Lipinski definition) is 3. The maximum Gasteiger partial charge on any atom is 0.257 e. The number of benzene rings is 2. The lowest BCUT2D eigenvalue weighted by molar-refractivity contribution is 0.102. The Bertz CT molecular complexity index is 838. The van der Waals surface area contributed by atoms with Crippen LogP contribution in [0.4, 0.5) is 17.1 Å².